The van der Waals surface area contributed by atoms with Crippen molar-refractivity contribution in [2.45, 2.75) is 19.5 Å². The maximum atomic E-state index is 12.4. The van der Waals surface area contributed by atoms with E-state index in [0.717, 1.165) is 38.4 Å². The van der Waals surface area contributed by atoms with E-state index in [2.05, 4.69) is 22.3 Å². The average molecular weight is 430 g/mol. The van der Waals surface area contributed by atoms with Crippen LogP contribution in [0.25, 0.3) is 0 Å². The number of anilines is 1. The molecule has 0 bridgehead atoms. The maximum Gasteiger partial charge on any atom is 0.251 e. The molecule has 0 saturated carbocycles. The fraction of sp³-hybridized carbons (Fsp3) is 0.409. The molecule has 2 aliphatic rings. The normalized spacial score (nSPS) is 19.0. The van der Waals surface area contributed by atoms with Crippen molar-refractivity contribution in [3.05, 3.63) is 65.2 Å². The molecule has 4 rings (SSSR count). The Balaban J connectivity index is 1.30. The second kappa shape index (κ2) is 9.16. The smallest absolute Gasteiger partial charge is 0.251 e. The van der Waals surface area contributed by atoms with Gasteiger partial charge in [0.05, 0.1) is 24.7 Å². The van der Waals surface area contributed by atoms with Crippen LogP contribution in [0.2, 0.25) is 0 Å². The van der Waals surface area contributed by atoms with Crippen molar-refractivity contribution in [2.75, 3.05) is 42.9 Å². The number of hydrogen-bond acceptors (Lipinski definition) is 5. The number of rotatable bonds is 6. The lowest BCUT2D eigenvalue weighted by atomic mass is 10.1. The first-order chi connectivity index (χ1) is 14.5. The number of benzene rings is 2. The van der Waals surface area contributed by atoms with Gasteiger partial charge in [-0.1, -0.05) is 24.3 Å². The summed E-state index contributed by atoms with van der Waals surface area (Å²) < 4.78 is 30.8. The number of morpholine rings is 1. The largest absolute Gasteiger partial charge is 0.379 e. The van der Waals surface area contributed by atoms with Crippen LogP contribution in [0.15, 0.2) is 48.5 Å². The molecule has 1 amide bonds. The first-order valence-electron chi connectivity index (χ1n) is 10.3. The van der Waals surface area contributed by atoms with Crippen LogP contribution in [0.3, 0.4) is 0 Å². The monoisotopic (exact) mass is 429 g/mol. The van der Waals surface area contributed by atoms with Gasteiger partial charge in [-0.3, -0.25) is 14.0 Å². The zero-order valence-electron chi connectivity index (χ0n) is 16.9. The highest BCUT2D eigenvalue weighted by Crippen LogP contribution is 2.24. The van der Waals surface area contributed by atoms with E-state index in [0.29, 0.717) is 30.8 Å². The lowest BCUT2D eigenvalue weighted by molar-refractivity contribution is 0.0342. The van der Waals surface area contributed by atoms with Crippen LogP contribution in [0.1, 0.15) is 27.9 Å². The summed E-state index contributed by atoms with van der Waals surface area (Å²) in [7, 11) is -3.21. The lowest BCUT2D eigenvalue weighted by Gasteiger charge is -2.26. The van der Waals surface area contributed by atoms with Crippen molar-refractivity contribution in [1.29, 1.82) is 0 Å². The molecule has 2 aromatic carbocycles. The maximum absolute atomic E-state index is 12.4. The van der Waals surface area contributed by atoms with Crippen LogP contribution in [0.5, 0.6) is 0 Å². The molecule has 2 fully saturated rings. The summed E-state index contributed by atoms with van der Waals surface area (Å²) in [5, 5.41) is 2.92. The molecule has 30 heavy (non-hydrogen) atoms. The molecule has 2 aliphatic heterocycles. The van der Waals surface area contributed by atoms with E-state index in [1.807, 2.05) is 12.1 Å². The third kappa shape index (κ3) is 5.00. The third-order valence-corrected chi connectivity index (χ3v) is 7.37. The topological polar surface area (TPSA) is 79.0 Å². The Morgan fingerprint density at radius 3 is 2.23 bits per heavy atom. The number of nitrogens with zero attached hydrogens (tertiary/aromatic N) is 2. The molecule has 2 aromatic rings. The van der Waals surface area contributed by atoms with Gasteiger partial charge in [-0.25, -0.2) is 8.42 Å². The zero-order chi connectivity index (χ0) is 21.0. The third-order valence-electron chi connectivity index (χ3n) is 5.50. The Kier molecular flexibility index (Phi) is 6.36. The molecule has 160 valence electrons. The molecule has 0 aliphatic carbocycles. The minimum absolute atomic E-state index is 0.178. The predicted molar refractivity (Wildman–Crippen MR) is 116 cm³/mol. The van der Waals surface area contributed by atoms with Gasteiger partial charge in [0.25, 0.3) is 5.91 Å². The molecular formula is C22H27N3O4S. The molecule has 7 nitrogen and oxygen atoms in total. The van der Waals surface area contributed by atoms with Gasteiger partial charge in [-0.15, -0.1) is 0 Å². The summed E-state index contributed by atoms with van der Waals surface area (Å²) in [6.45, 7) is 5.35. The Bertz CT molecular complexity index is 968. The number of hydrogen-bond donors (Lipinski definition) is 1. The van der Waals surface area contributed by atoms with Crippen molar-refractivity contribution < 1.29 is 17.9 Å². The number of amides is 1. The first kappa shape index (κ1) is 20.8. The first-order valence-corrected chi connectivity index (χ1v) is 11.9. The minimum atomic E-state index is -3.21. The van der Waals surface area contributed by atoms with Crippen LogP contribution in [-0.2, 0) is 27.8 Å². The van der Waals surface area contributed by atoms with Crippen molar-refractivity contribution in [2.24, 2.45) is 0 Å². The van der Waals surface area contributed by atoms with Gasteiger partial charge in [0.2, 0.25) is 10.0 Å². The van der Waals surface area contributed by atoms with Gasteiger partial charge in [0.15, 0.2) is 0 Å². The van der Waals surface area contributed by atoms with Gasteiger partial charge in [0, 0.05) is 38.3 Å². The summed E-state index contributed by atoms with van der Waals surface area (Å²) >= 11 is 0. The molecule has 0 spiro atoms. The fourth-order valence-electron chi connectivity index (χ4n) is 3.77. The minimum Gasteiger partial charge on any atom is -0.379 e. The summed E-state index contributed by atoms with van der Waals surface area (Å²) in [5.74, 6) is 0.00345. The summed E-state index contributed by atoms with van der Waals surface area (Å²) in [6.07, 6.45) is 0.635. The molecule has 0 unspecified atom stereocenters. The molecule has 2 heterocycles. The van der Waals surface area contributed by atoms with E-state index >= 15 is 0 Å². The molecule has 2 saturated heterocycles. The highest BCUT2D eigenvalue weighted by atomic mass is 32.2. The molecular weight excluding hydrogens is 402 g/mol. The second-order valence-electron chi connectivity index (χ2n) is 7.68. The van der Waals surface area contributed by atoms with Gasteiger partial charge in [0.1, 0.15) is 0 Å². The SMILES string of the molecule is O=C(NCc1ccc(CN2CCOCC2)cc1)c1ccc(N2CCCS2(=O)=O)cc1. The standard InChI is InChI=1S/C22H27N3O4S/c26-22(20-6-8-21(9-7-20)25-10-1-15-30(25,27)28)23-16-18-2-4-19(5-3-18)17-24-11-13-29-14-12-24/h2-9H,1,10-17H2,(H,23,26). The fourth-order valence-corrected chi connectivity index (χ4v) is 5.34. The van der Waals surface area contributed by atoms with Gasteiger partial charge in [-0.2, -0.15) is 0 Å². The van der Waals surface area contributed by atoms with Crippen LogP contribution >= 0.6 is 0 Å². The van der Waals surface area contributed by atoms with Crippen molar-refractivity contribution in [3.63, 3.8) is 0 Å². The van der Waals surface area contributed by atoms with E-state index in [4.69, 9.17) is 4.74 Å². The second-order valence-corrected chi connectivity index (χ2v) is 9.69. The van der Waals surface area contributed by atoms with E-state index in [1.54, 1.807) is 24.3 Å². The van der Waals surface area contributed by atoms with E-state index in [-0.39, 0.29) is 11.7 Å². The van der Waals surface area contributed by atoms with Crippen LogP contribution in [0, 0.1) is 0 Å². The summed E-state index contributed by atoms with van der Waals surface area (Å²) in [6, 6.07) is 15.0. The highest BCUT2D eigenvalue weighted by Gasteiger charge is 2.28. The summed E-state index contributed by atoms with van der Waals surface area (Å²) in [5.41, 5.74) is 3.41. The van der Waals surface area contributed by atoms with Crippen molar-refractivity contribution >= 4 is 21.6 Å². The molecule has 8 heteroatoms. The highest BCUT2D eigenvalue weighted by molar-refractivity contribution is 7.93. The van der Waals surface area contributed by atoms with Gasteiger partial charge < -0.3 is 10.1 Å². The quantitative estimate of drug-likeness (QED) is 0.760. The number of sulfonamides is 1. The van der Waals surface area contributed by atoms with E-state index in [9.17, 15) is 13.2 Å². The number of carbonyl (C=O) groups is 1. The molecule has 0 radical (unpaired) electrons. The predicted octanol–water partition coefficient (Wildman–Crippen LogP) is 1.99. The van der Waals surface area contributed by atoms with Crippen LogP contribution in [-0.4, -0.2) is 57.8 Å². The molecule has 0 atom stereocenters. The Morgan fingerprint density at radius 2 is 1.60 bits per heavy atom. The van der Waals surface area contributed by atoms with Crippen LogP contribution < -0.4 is 9.62 Å². The number of nitrogens with one attached hydrogen (secondary N) is 1. The molecule has 0 aromatic heterocycles. The Hall–Kier alpha value is -2.42. The van der Waals surface area contributed by atoms with Gasteiger partial charge in [-0.05, 0) is 41.8 Å². The van der Waals surface area contributed by atoms with E-state index < -0.39 is 10.0 Å². The van der Waals surface area contributed by atoms with E-state index in [1.165, 1.54) is 9.87 Å². The number of carbonyl (C=O) groups excluding carboxylic acids is 1. The average Bonchev–Trinajstić information content (AvgIpc) is 3.13. The molecule has 1 N–H and O–H groups in total. The lowest BCUT2D eigenvalue weighted by Crippen LogP contribution is -2.35. The Labute approximate surface area is 177 Å². The van der Waals surface area contributed by atoms with Gasteiger partial charge >= 0.3 is 0 Å². The Morgan fingerprint density at radius 1 is 0.933 bits per heavy atom. The van der Waals surface area contributed by atoms with Crippen LogP contribution in [0.4, 0.5) is 5.69 Å². The zero-order valence-corrected chi connectivity index (χ0v) is 17.7. The van der Waals surface area contributed by atoms with Crippen molar-refractivity contribution in [1.82, 2.24) is 10.2 Å². The number of ether oxygens (including phenoxy) is 1. The summed E-state index contributed by atoms with van der Waals surface area (Å²) in [4.78, 5) is 14.8. The van der Waals surface area contributed by atoms with Crippen molar-refractivity contribution in [3.8, 4) is 0 Å².